The number of rotatable bonds is 5. The molecule has 0 saturated carbocycles. The first-order chi connectivity index (χ1) is 9.69. The van der Waals surface area contributed by atoms with E-state index in [9.17, 15) is 4.79 Å². The monoisotopic (exact) mass is 290 g/mol. The molecule has 0 N–H and O–H groups in total. The summed E-state index contributed by atoms with van der Waals surface area (Å²) in [6.45, 7) is 1.92. The van der Waals surface area contributed by atoms with Gasteiger partial charge < -0.3 is 9.47 Å². The van der Waals surface area contributed by atoms with Crippen LogP contribution in [0.15, 0.2) is 48.5 Å². The molecule has 0 heterocycles. The second-order valence-corrected chi connectivity index (χ2v) is 4.60. The minimum Gasteiger partial charge on any atom is -0.482 e. The van der Waals surface area contributed by atoms with E-state index < -0.39 is 5.97 Å². The second kappa shape index (κ2) is 6.96. The Labute approximate surface area is 123 Å². The number of aryl methyl sites for hydroxylation is 1. The maximum atomic E-state index is 11.7. The lowest BCUT2D eigenvalue weighted by Crippen LogP contribution is -2.17. The van der Waals surface area contributed by atoms with Crippen molar-refractivity contribution in [1.29, 1.82) is 0 Å². The highest BCUT2D eigenvalue weighted by molar-refractivity contribution is 6.32. The van der Waals surface area contributed by atoms with Crippen LogP contribution in [-0.2, 0) is 11.2 Å². The van der Waals surface area contributed by atoms with Crippen molar-refractivity contribution < 1.29 is 14.3 Å². The summed E-state index contributed by atoms with van der Waals surface area (Å²) in [5.74, 6) is 0.486. The molecule has 0 aliphatic rings. The Kier molecular flexibility index (Phi) is 5.02. The van der Waals surface area contributed by atoms with E-state index in [1.807, 2.05) is 24.3 Å². The molecule has 0 saturated heterocycles. The second-order valence-electron chi connectivity index (χ2n) is 4.19. The fraction of sp³-hybridized carbons (Fsp3) is 0.188. The van der Waals surface area contributed by atoms with Crippen LogP contribution >= 0.6 is 11.6 Å². The van der Waals surface area contributed by atoms with E-state index >= 15 is 0 Å². The number of carbonyl (C=O) groups is 1. The Morgan fingerprint density at radius 2 is 1.80 bits per heavy atom. The summed E-state index contributed by atoms with van der Waals surface area (Å²) in [7, 11) is 0. The molecule has 0 aliphatic heterocycles. The van der Waals surface area contributed by atoms with Crippen LogP contribution in [-0.4, -0.2) is 12.6 Å². The molecule has 0 fully saturated rings. The maximum absolute atomic E-state index is 11.7. The fourth-order valence-corrected chi connectivity index (χ4v) is 1.82. The number of halogens is 1. The van der Waals surface area contributed by atoms with Gasteiger partial charge in [0.1, 0.15) is 11.5 Å². The molecule has 0 aliphatic carbocycles. The van der Waals surface area contributed by atoms with Gasteiger partial charge in [0.2, 0.25) is 0 Å². The van der Waals surface area contributed by atoms with Crippen molar-refractivity contribution in [1.82, 2.24) is 0 Å². The van der Waals surface area contributed by atoms with Crippen molar-refractivity contribution >= 4 is 17.6 Å². The van der Waals surface area contributed by atoms with Crippen LogP contribution in [0.1, 0.15) is 12.5 Å². The number of benzene rings is 2. The summed E-state index contributed by atoms with van der Waals surface area (Å²) in [5.41, 5.74) is 1.22. The predicted molar refractivity (Wildman–Crippen MR) is 78.4 cm³/mol. The summed E-state index contributed by atoms with van der Waals surface area (Å²) in [5, 5.41) is 0.396. The van der Waals surface area contributed by atoms with Gasteiger partial charge in [0.15, 0.2) is 6.61 Å². The average Bonchev–Trinajstić information content (AvgIpc) is 2.48. The van der Waals surface area contributed by atoms with Gasteiger partial charge in [-0.1, -0.05) is 42.8 Å². The maximum Gasteiger partial charge on any atom is 0.349 e. The van der Waals surface area contributed by atoms with Gasteiger partial charge in [-0.15, -0.1) is 0 Å². The van der Waals surface area contributed by atoms with Crippen molar-refractivity contribution in [2.75, 3.05) is 6.61 Å². The molecule has 4 heteroatoms. The zero-order valence-electron chi connectivity index (χ0n) is 11.1. The molecule has 20 heavy (non-hydrogen) atoms. The van der Waals surface area contributed by atoms with Gasteiger partial charge in [0.05, 0.1) is 5.02 Å². The van der Waals surface area contributed by atoms with Crippen LogP contribution in [0, 0.1) is 0 Å². The van der Waals surface area contributed by atoms with Crippen molar-refractivity contribution in [2.45, 2.75) is 13.3 Å². The molecular weight excluding hydrogens is 276 g/mol. The van der Waals surface area contributed by atoms with Crippen molar-refractivity contribution in [3.05, 3.63) is 59.1 Å². The normalized spacial score (nSPS) is 10.1. The van der Waals surface area contributed by atoms with Gasteiger partial charge in [0.25, 0.3) is 0 Å². The first kappa shape index (κ1) is 14.4. The molecule has 0 unspecified atom stereocenters. The molecule has 2 rings (SSSR count). The van der Waals surface area contributed by atoms with Gasteiger partial charge in [-0.25, -0.2) is 4.79 Å². The molecule has 0 bridgehead atoms. The summed E-state index contributed by atoms with van der Waals surface area (Å²) in [6.07, 6.45) is 0.967. The summed E-state index contributed by atoms with van der Waals surface area (Å²) in [6, 6.07) is 14.4. The Morgan fingerprint density at radius 1 is 1.10 bits per heavy atom. The Bertz CT molecular complexity index is 579. The number of para-hydroxylation sites is 1. The largest absolute Gasteiger partial charge is 0.482 e. The Hall–Kier alpha value is -2.00. The summed E-state index contributed by atoms with van der Waals surface area (Å²) >= 11 is 5.90. The molecule has 2 aromatic carbocycles. The van der Waals surface area contributed by atoms with E-state index in [0.29, 0.717) is 16.5 Å². The first-order valence-electron chi connectivity index (χ1n) is 6.36. The van der Waals surface area contributed by atoms with Gasteiger partial charge in [-0.05, 0) is 36.2 Å². The molecule has 104 valence electrons. The standard InChI is InChI=1S/C16H15ClO3/c1-2-12-7-9-13(10-8-12)19-11-16(18)20-15-6-4-3-5-14(15)17/h3-10H,2,11H2,1H3. The summed E-state index contributed by atoms with van der Waals surface area (Å²) in [4.78, 5) is 11.7. The lowest BCUT2D eigenvalue weighted by atomic mass is 10.2. The number of ether oxygens (including phenoxy) is 2. The zero-order chi connectivity index (χ0) is 14.4. The SMILES string of the molecule is CCc1ccc(OCC(=O)Oc2ccccc2Cl)cc1. The topological polar surface area (TPSA) is 35.5 Å². The molecular formula is C16H15ClO3. The number of hydrogen-bond acceptors (Lipinski definition) is 3. The zero-order valence-corrected chi connectivity index (χ0v) is 11.9. The van der Waals surface area contributed by atoms with Gasteiger partial charge in [-0.3, -0.25) is 0 Å². The van der Waals surface area contributed by atoms with Crippen LogP contribution in [0.4, 0.5) is 0 Å². The highest BCUT2D eigenvalue weighted by Crippen LogP contribution is 2.23. The number of carbonyl (C=O) groups excluding carboxylic acids is 1. The van der Waals surface area contributed by atoms with E-state index in [4.69, 9.17) is 21.1 Å². The van der Waals surface area contributed by atoms with Crippen LogP contribution in [0.3, 0.4) is 0 Å². The molecule has 0 aromatic heterocycles. The molecule has 0 radical (unpaired) electrons. The van der Waals surface area contributed by atoms with Gasteiger partial charge >= 0.3 is 5.97 Å². The molecule has 3 nitrogen and oxygen atoms in total. The highest BCUT2D eigenvalue weighted by atomic mass is 35.5. The minimum atomic E-state index is -0.488. The molecule has 2 aromatic rings. The molecule has 0 atom stereocenters. The predicted octanol–water partition coefficient (Wildman–Crippen LogP) is 3.89. The van der Waals surface area contributed by atoms with Crippen molar-refractivity contribution in [2.24, 2.45) is 0 Å². The number of hydrogen-bond donors (Lipinski definition) is 0. The Morgan fingerprint density at radius 3 is 2.45 bits per heavy atom. The van der Waals surface area contributed by atoms with E-state index in [1.54, 1.807) is 24.3 Å². The van der Waals surface area contributed by atoms with E-state index in [0.717, 1.165) is 6.42 Å². The summed E-state index contributed by atoms with van der Waals surface area (Å²) < 4.78 is 10.5. The lowest BCUT2D eigenvalue weighted by molar-refractivity contribution is -0.136. The fourth-order valence-electron chi connectivity index (χ4n) is 1.64. The molecule has 0 spiro atoms. The third kappa shape index (κ3) is 4.00. The third-order valence-electron chi connectivity index (χ3n) is 2.75. The van der Waals surface area contributed by atoms with Gasteiger partial charge in [0, 0.05) is 0 Å². The first-order valence-corrected chi connectivity index (χ1v) is 6.74. The van der Waals surface area contributed by atoms with E-state index in [1.165, 1.54) is 5.56 Å². The van der Waals surface area contributed by atoms with E-state index in [-0.39, 0.29) is 6.61 Å². The quantitative estimate of drug-likeness (QED) is 0.619. The Balaban J connectivity index is 1.87. The van der Waals surface area contributed by atoms with E-state index in [2.05, 4.69) is 6.92 Å². The minimum absolute atomic E-state index is 0.156. The van der Waals surface area contributed by atoms with Gasteiger partial charge in [-0.2, -0.15) is 0 Å². The van der Waals surface area contributed by atoms with Crippen LogP contribution in [0.2, 0.25) is 5.02 Å². The van der Waals surface area contributed by atoms with Crippen LogP contribution < -0.4 is 9.47 Å². The highest BCUT2D eigenvalue weighted by Gasteiger charge is 2.08. The van der Waals surface area contributed by atoms with Crippen molar-refractivity contribution in [3.63, 3.8) is 0 Å². The smallest absolute Gasteiger partial charge is 0.349 e. The van der Waals surface area contributed by atoms with Crippen LogP contribution in [0.5, 0.6) is 11.5 Å². The van der Waals surface area contributed by atoms with Crippen molar-refractivity contribution in [3.8, 4) is 11.5 Å². The average molecular weight is 291 g/mol. The third-order valence-corrected chi connectivity index (χ3v) is 3.06. The lowest BCUT2D eigenvalue weighted by Gasteiger charge is -2.08. The molecule has 0 amide bonds. The number of esters is 1. The van der Waals surface area contributed by atoms with Crippen LogP contribution in [0.25, 0.3) is 0 Å².